The molecule has 0 aliphatic carbocycles. The number of hydrogen-bond donors (Lipinski definition) is 0. The number of likely N-dealkylation sites (N-methyl/N-ethyl adjacent to an activating group) is 1. The molecular weight excluding hydrogens is 230 g/mol. The van der Waals surface area contributed by atoms with Gasteiger partial charge in [-0.15, -0.1) is 0 Å². The molecule has 0 N–H and O–H groups in total. The van der Waals surface area contributed by atoms with Gasteiger partial charge < -0.3 is 9.47 Å². The zero-order valence-electron chi connectivity index (χ0n) is 10.9. The smallest absolute Gasteiger partial charge is 0.337 e. The highest BCUT2D eigenvalue weighted by atomic mass is 16.5. The van der Waals surface area contributed by atoms with Crippen molar-refractivity contribution < 1.29 is 14.3 Å². The molecule has 1 unspecified atom stereocenters. The highest BCUT2D eigenvalue weighted by Crippen LogP contribution is 2.14. The molecule has 1 aromatic carbocycles. The molecule has 0 radical (unpaired) electrons. The van der Waals surface area contributed by atoms with Crippen LogP contribution in [-0.2, 0) is 16.0 Å². The number of rotatable bonds is 4. The molecule has 18 heavy (non-hydrogen) atoms. The summed E-state index contributed by atoms with van der Waals surface area (Å²) in [5.41, 5.74) is 1.78. The maximum atomic E-state index is 11.3. The number of ether oxygens (including phenoxy) is 2. The van der Waals surface area contributed by atoms with Gasteiger partial charge in [-0.2, -0.15) is 0 Å². The van der Waals surface area contributed by atoms with Gasteiger partial charge in [-0.05, 0) is 31.2 Å². The fraction of sp³-hybridized carbons (Fsp3) is 0.500. The van der Waals surface area contributed by atoms with E-state index in [9.17, 15) is 4.79 Å². The van der Waals surface area contributed by atoms with Crippen LogP contribution in [0, 0.1) is 0 Å². The Labute approximate surface area is 107 Å². The molecule has 1 aromatic rings. The van der Waals surface area contributed by atoms with Crippen molar-refractivity contribution in [3.8, 4) is 0 Å². The summed E-state index contributed by atoms with van der Waals surface area (Å²) in [7, 11) is 3.50. The molecular formula is C14H19NO3. The molecule has 1 heterocycles. The van der Waals surface area contributed by atoms with Gasteiger partial charge in [0.2, 0.25) is 0 Å². The van der Waals surface area contributed by atoms with Gasteiger partial charge in [-0.1, -0.05) is 12.1 Å². The first kappa shape index (κ1) is 13.1. The minimum atomic E-state index is -0.293. The maximum Gasteiger partial charge on any atom is 0.337 e. The van der Waals surface area contributed by atoms with Gasteiger partial charge in [0, 0.05) is 19.2 Å². The van der Waals surface area contributed by atoms with E-state index in [-0.39, 0.29) is 5.97 Å². The molecule has 1 fully saturated rings. The van der Waals surface area contributed by atoms with Gasteiger partial charge in [-0.25, -0.2) is 4.79 Å². The first-order valence-electron chi connectivity index (χ1n) is 6.16. The van der Waals surface area contributed by atoms with Crippen LogP contribution in [0.1, 0.15) is 22.3 Å². The molecule has 0 spiro atoms. The number of nitrogens with zero attached hydrogens (tertiary/aromatic N) is 1. The van der Waals surface area contributed by atoms with Gasteiger partial charge in [0.25, 0.3) is 0 Å². The molecule has 1 aliphatic rings. The van der Waals surface area contributed by atoms with E-state index in [1.807, 2.05) is 12.1 Å². The lowest BCUT2D eigenvalue weighted by atomic mass is 10.1. The Morgan fingerprint density at radius 1 is 1.44 bits per heavy atom. The van der Waals surface area contributed by atoms with Crippen LogP contribution in [-0.4, -0.2) is 44.3 Å². The SMILES string of the molecule is COC(=O)c1ccc(CN(C)C2CCOC2)cc1. The highest BCUT2D eigenvalue weighted by molar-refractivity contribution is 5.89. The number of esters is 1. The maximum absolute atomic E-state index is 11.3. The molecule has 0 saturated carbocycles. The Kier molecular flexibility index (Phi) is 4.33. The highest BCUT2D eigenvalue weighted by Gasteiger charge is 2.20. The van der Waals surface area contributed by atoms with Crippen molar-refractivity contribution in [1.82, 2.24) is 4.90 Å². The van der Waals surface area contributed by atoms with Gasteiger partial charge in [0.15, 0.2) is 0 Å². The molecule has 98 valence electrons. The van der Waals surface area contributed by atoms with E-state index in [0.29, 0.717) is 11.6 Å². The Balaban J connectivity index is 1.95. The Morgan fingerprint density at radius 3 is 2.72 bits per heavy atom. The Morgan fingerprint density at radius 2 is 2.17 bits per heavy atom. The lowest BCUT2D eigenvalue weighted by molar-refractivity contribution is 0.0600. The van der Waals surface area contributed by atoms with Gasteiger partial charge in [0.1, 0.15) is 0 Å². The van der Waals surface area contributed by atoms with Crippen molar-refractivity contribution in [2.45, 2.75) is 19.0 Å². The van der Waals surface area contributed by atoms with Gasteiger partial charge in [0.05, 0.1) is 19.3 Å². The number of hydrogen-bond acceptors (Lipinski definition) is 4. The molecule has 2 rings (SSSR count). The summed E-state index contributed by atoms with van der Waals surface area (Å²) < 4.78 is 10.1. The van der Waals surface area contributed by atoms with Crippen molar-refractivity contribution in [2.75, 3.05) is 27.4 Å². The van der Waals surface area contributed by atoms with E-state index in [2.05, 4.69) is 16.7 Å². The minimum absolute atomic E-state index is 0.293. The minimum Gasteiger partial charge on any atom is -0.465 e. The summed E-state index contributed by atoms with van der Waals surface area (Å²) in [5.74, 6) is -0.293. The van der Waals surface area contributed by atoms with Crippen LogP contribution in [0.5, 0.6) is 0 Å². The van der Waals surface area contributed by atoms with Gasteiger partial charge in [-0.3, -0.25) is 4.90 Å². The lowest BCUT2D eigenvalue weighted by Crippen LogP contribution is -2.31. The summed E-state index contributed by atoms with van der Waals surface area (Å²) in [6.45, 7) is 2.54. The third-order valence-corrected chi connectivity index (χ3v) is 3.34. The van der Waals surface area contributed by atoms with Crippen LogP contribution in [0.3, 0.4) is 0 Å². The Hall–Kier alpha value is -1.39. The second kappa shape index (κ2) is 5.98. The van der Waals surface area contributed by atoms with E-state index in [1.165, 1.54) is 12.7 Å². The van der Waals surface area contributed by atoms with E-state index < -0.39 is 0 Å². The van der Waals surface area contributed by atoms with Crippen LogP contribution in [0.4, 0.5) is 0 Å². The first-order valence-corrected chi connectivity index (χ1v) is 6.16. The summed E-state index contributed by atoms with van der Waals surface area (Å²) >= 11 is 0. The topological polar surface area (TPSA) is 38.8 Å². The second-order valence-corrected chi connectivity index (χ2v) is 4.62. The molecule has 1 saturated heterocycles. The zero-order chi connectivity index (χ0) is 13.0. The molecule has 4 nitrogen and oxygen atoms in total. The summed E-state index contributed by atoms with van der Waals surface area (Å²) in [6, 6.07) is 8.06. The van der Waals surface area contributed by atoms with Crippen molar-refractivity contribution in [1.29, 1.82) is 0 Å². The third-order valence-electron chi connectivity index (χ3n) is 3.34. The molecule has 0 bridgehead atoms. The summed E-state index contributed by atoms with van der Waals surface area (Å²) in [6.07, 6.45) is 1.09. The predicted octanol–water partition coefficient (Wildman–Crippen LogP) is 1.69. The largest absolute Gasteiger partial charge is 0.465 e. The van der Waals surface area contributed by atoms with Gasteiger partial charge >= 0.3 is 5.97 Å². The molecule has 0 aromatic heterocycles. The van der Waals surface area contributed by atoms with Crippen molar-refractivity contribution in [3.63, 3.8) is 0 Å². The van der Waals surface area contributed by atoms with E-state index in [4.69, 9.17) is 4.74 Å². The fourth-order valence-corrected chi connectivity index (χ4v) is 2.15. The summed E-state index contributed by atoms with van der Waals surface area (Å²) in [4.78, 5) is 13.6. The summed E-state index contributed by atoms with van der Waals surface area (Å²) in [5, 5.41) is 0. The standard InChI is InChI=1S/C14H19NO3/c1-15(13-7-8-18-10-13)9-11-3-5-12(6-4-11)14(16)17-2/h3-6,13H,7-10H2,1-2H3. The van der Waals surface area contributed by atoms with E-state index in [1.54, 1.807) is 12.1 Å². The second-order valence-electron chi connectivity index (χ2n) is 4.62. The average Bonchev–Trinajstić information content (AvgIpc) is 2.92. The van der Waals surface area contributed by atoms with Crippen LogP contribution in [0.2, 0.25) is 0 Å². The van der Waals surface area contributed by atoms with Crippen molar-refractivity contribution in [3.05, 3.63) is 35.4 Å². The van der Waals surface area contributed by atoms with Crippen LogP contribution in [0.15, 0.2) is 24.3 Å². The van der Waals surface area contributed by atoms with E-state index >= 15 is 0 Å². The van der Waals surface area contributed by atoms with Crippen molar-refractivity contribution in [2.24, 2.45) is 0 Å². The van der Waals surface area contributed by atoms with Crippen LogP contribution in [0.25, 0.3) is 0 Å². The fourth-order valence-electron chi connectivity index (χ4n) is 2.15. The quantitative estimate of drug-likeness (QED) is 0.761. The van der Waals surface area contributed by atoms with Crippen LogP contribution < -0.4 is 0 Å². The number of carbonyl (C=O) groups excluding carboxylic acids is 1. The molecule has 0 amide bonds. The average molecular weight is 249 g/mol. The number of methoxy groups -OCH3 is 1. The molecule has 4 heteroatoms. The third kappa shape index (κ3) is 3.09. The molecule has 1 atom stereocenters. The Bertz CT molecular complexity index is 396. The molecule has 1 aliphatic heterocycles. The monoisotopic (exact) mass is 249 g/mol. The number of carbonyl (C=O) groups is 1. The normalized spacial score (nSPS) is 19.2. The zero-order valence-corrected chi connectivity index (χ0v) is 10.9. The van der Waals surface area contributed by atoms with Crippen molar-refractivity contribution >= 4 is 5.97 Å². The number of benzene rings is 1. The van der Waals surface area contributed by atoms with Crippen LogP contribution >= 0.6 is 0 Å². The van der Waals surface area contributed by atoms with E-state index in [0.717, 1.165) is 26.2 Å². The predicted molar refractivity (Wildman–Crippen MR) is 68.5 cm³/mol. The lowest BCUT2D eigenvalue weighted by Gasteiger charge is -2.22. The first-order chi connectivity index (χ1) is 8.70.